The van der Waals surface area contributed by atoms with Crippen LogP contribution >= 0.6 is 0 Å². The minimum absolute atomic E-state index is 0.206. The van der Waals surface area contributed by atoms with Crippen molar-refractivity contribution < 1.29 is 24.2 Å². The van der Waals surface area contributed by atoms with E-state index in [-0.39, 0.29) is 19.3 Å². The number of hydrogen-bond acceptors (Lipinski definition) is 5. The van der Waals surface area contributed by atoms with Gasteiger partial charge in [0, 0.05) is 0 Å². The first-order valence-electron chi connectivity index (χ1n) is 4.19. The predicted molar refractivity (Wildman–Crippen MR) is 47.7 cm³/mol. The summed E-state index contributed by atoms with van der Waals surface area (Å²) in [6.45, 7) is 2.93. The van der Waals surface area contributed by atoms with Crippen molar-refractivity contribution in [3.8, 4) is 0 Å². The molecule has 0 spiro atoms. The van der Waals surface area contributed by atoms with Gasteiger partial charge in [-0.1, -0.05) is 0 Å². The Balaban J connectivity index is 3.54. The highest BCUT2D eigenvalue weighted by molar-refractivity contribution is 5.73. The molecular formula is C8H15NO5. The van der Waals surface area contributed by atoms with Gasteiger partial charge in [-0.05, 0) is 13.8 Å². The zero-order chi connectivity index (χ0) is 11.1. The molecule has 0 aromatic carbocycles. The molecule has 82 valence electrons. The van der Waals surface area contributed by atoms with Crippen LogP contribution in [0.4, 0.5) is 0 Å². The second-order valence-corrected chi connectivity index (χ2v) is 3.00. The molecule has 0 heterocycles. The summed E-state index contributed by atoms with van der Waals surface area (Å²) in [7, 11) is 0. The van der Waals surface area contributed by atoms with E-state index in [1.165, 1.54) is 0 Å². The van der Waals surface area contributed by atoms with Gasteiger partial charge in [0.25, 0.3) is 0 Å². The molecule has 6 nitrogen and oxygen atoms in total. The number of carbonyl (C=O) groups is 2. The molecule has 0 radical (unpaired) electrons. The summed E-state index contributed by atoms with van der Waals surface area (Å²) in [6, 6.07) is -1.11. The lowest BCUT2D eigenvalue weighted by atomic mass is 10.3. The van der Waals surface area contributed by atoms with E-state index < -0.39 is 18.0 Å². The third-order valence-corrected chi connectivity index (χ3v) is 1.20. The van der Waals surface area contributed by atoms with Crippen molar-refractivity contribution >= 4 is 11.9 Å². The van der Waals surface area contributed by atoms with Crippen LogP contribution in [-0.2, 0) is 19.1 Å². The average Bonchev–Trinajstić information content (AvgIpc) is 2.02. The number of rotatable bonds is 6. The van der Waals surface area contributed by atoms with Gasteiger partial charge in [-0.2, -0.15) is 0 Å². The Kier molecular flexibility index (Phi) is 5.82. The number of hydrogen-bond donors (Lipinski definition) is 2. The molecule has 0 aromatic heterocycles. The summed E-state index contributed by atoms with van der Waals surface area (Å²) >= 11 is 0. The second kappa shape index (κ2) is 6.33. The largest absolute Gasteiger partial charge is 0.480 e. The first kappa shape index (κ1) is 12.9. The Labute approximate surface area is 82.0 Å². The van der Waals surface area contributed by atoms with E-state index in [4.69, 9.17) is 20.3 Å². The van der Waals surface area contributed by atoms with Crippen molar-refractivity contribution in [1.82, 2.24) is 0 Å². The third-order valence-electron chi connectivity index (χ3n) is 1.20. The molecule has 0 saturated carbocycles. The van der Waals surface area contributed by atoms with Gasteiger partial charge in [0.05, 0.1) is 12.7 Å². The highest BCUT2D eigenvalue weighted by Gasteiger charge is 2.12. The topological polar surface area (TPSA) is 98.9 Å². The van der Waals surface area contributed by atoms with Gasteiger partial charge in [0.2, 0.25) is 0 Å². The lowest BCUT2D eigenvalue weighted by molar-refractivity contribution is -0.154. The van der Waals surface area contributed by atoms with Crippen LogP contribution in [0.1, 0.15) is 13.8 Å². The van der Waals surface area contributed by atoms with Gasteiger partial charge in [-0.15, -0.1) is 0 Å². The van der Waals surface area contributed by atoms with Crippen molar-refractivity contribution in [1.29, 1.82) is 0 Å². The molecule has 0 aliphatic rings. The fraction of sp³-hybridized carbons (Fsp3) is 0.750. The summed E-state index contributed by atoms with van der Waals surface area (Å²) in [6.07, 6.45) is -0.209. The van der Waals surface area contributed by atoms with E-state index in [1.54, 1.807) is 13.8 Å². The second-order valence-electron chi connectivity index (χ2n) is 3.00. The van der Waals surface area contributed by atoms with Crippen LogP contribution in [0.5, 0.6) is 0 Å². The standard InChI is InChI=1S/C8H15NO5/c1-5(2)14-7(10)4-13-3-6(9)8(11)12/h5-6H,3-4,9H2,1-2H3,(H,11,12)/t6-/m0/s1. The van der Waals surface area contributed by atoms with Gasteiger partial charge >= 0.3 is 11.9 Å². The van der Waals surface area contributed by atoms with Gasteiger partial charge in [-0.3, -0.25) is 4.79 Å². The van der Waals surface area contributed by atoms with Crippen LogP contribution in [0.15, 0.2) is 0 Å². The van der Waals surface area contributed by atoms with Crippen molar-refractivity contribution in [2.24, 2.45) is 5.73 Å². The van der Waals surface area contributed by atoms with Crippen molar-refractivity contribution in [3.63, 3.8) is 0 Å². The summed E-state index contributed by atoms with van der Waals surface area (Å²) in [4.78, 5) is 21.1. The summed E-state index contributed by atoms with van der Waals surface area (Å²) < 4.78 is 9.48. The number of aliphatic carboxylic acids is 1. The zero-order valence-corrected chi connectivity index (χ0v) is 8.23. The third kappa shape index (κ3) is 6.38. The van der Waals surface area contributed by atoms with Gasteiger partial charge < -0.3 is 20.3 Å². The molecule has 0 rings (SSSR count). The summed E-state index contributed by atoms with van der Waals surface area (Å²) in [5.41, 5.74) is 5.13. The summed E-state index contributed by atoms with van der Waals surface area (Å²) in [5, 5.41) is 8.37. The first-order valence-corrected chi connectivity index (χ1v) is 4.19. The first-order chi connectivity index (χ1) is 6.43. The molecular weight excluding hydrogens is 190 g/mol. The smallest absolute Gasteiger partial charge is 0.332 e. The van der Waals surface area contributed by atoms with Crippen LogP contribution in [0.2, 0.25) is 0 Å². The Morgan fingerprint density at radius 3 is 2.43 bits per heavy atom. The minimum atomic E-state index is -1.16. The molecule has 3 N–H and O–H groups in total. The normalized spacial score (nSPS) is 12.6. The maximum absolute atomic E-state index is 10.9. The van der Waals surface area contributed by atoms with E-state index in [2.05, 4.69) is 0 Å². The SMILES string of the molecule is CC(C)OC(=O)COC[C@H](N)C(=O)O. The molecule has 0 amide bonds. The Bertz CT molecular complexity index is 204. The summed E-state index contributed by atoms with van der Waals surface area (Å²) in [5.74, 6) is -1.69. The minimum Gasteiger partial charge on any atom is -0.480 e. The number of carboxylic acid groups (broad SMARTS) is 1. The van der Waals surface area contributed by atoms with E-state index in [9.17, 15) is 9.59 Å². The molecule has 0 saturated heterocycles. The number of carbonyl (C=O) groups excluding carboxylic acids is 1. The molecule has 0 unspecified atom stereocenters. The molecule has 14 heavy (non-hydrogen) atoms. The molecule has 0 aromatic rings. The maximum atomic E-state index is 10.9. The van der Waals surface area contributed by atoms with Gasteiger partial charge in [0.15, 0.2) is 0 Å². The van der Waals surface area contributed by atoms with Crippen LogP contribution in [0.25, 0.3) is 0 Å². The Hall–Kier alpha value is -1.14. The van der Waals surface area contributed by atoms with Crippen molar-refractivity contribution in [2.75, 3.05) is 13.2 Å². The number of ether oxygens (including phenoxy) is 2. The Morgan fingerprint density at radius 1 is 1.43 bits per heavy atom. The zero-order valence-electron chi connectivity index (χ0n) is 8.23. The molecule has 6 heteroatoms. The highest BCUT2D eigenvalue weighted by Crippen LogP contribution is 1.90. The van der Waals surface area contributed by atoms with Crippen LogP contribution in [-0.4, -0.2) is 42.4 Å². The van der Waals surface area contributed by atoms with E-state index in [0.29, 0.717) is 0 Å². The fourth-order valence-electron chi connectivity index (χ4n) is 0.637. The van der Waals surface area contributed by atoms with E-state index in [0.717, 1.165) is 0 Å². The van der Waals surface area contributed by atoms with E-state index >= 15 is 0 Å². The number of esters is 1. The van der Waals surface area contributed by atoms with E-state index in [1.807, 2.05) is 0 Å². The van der Waals surface area contributed by atoms with Crippen molar-refractivity contribution in [2.45, 2.75) is 26.0 Å². The Morgan fingerprint density at radius 2 is 2.00 bits per heavy atom. The quantitative estimate of drug-likeness (QED) is 0.560. The molecule has 0 aliphatic heterocycles. The van der Waals surface area contributed by atoms with Gasteiger partial charge in [-0.25, -0.2) is 4.79 Å². The predicted octanol–water partition coefficient (Wildman–Crippen LogP) is -0.633. The lowest BCUT2D eigenvalue weighted by Crippen LogP contribution is -2.35. The molecule has 0 bridgehead atoms. The fourth-order valence-corrected chi connectivity index (χ4v) is 0.637. The monoisotopic (exact) mass is 205 g/mol. The van der Waals surface area contributed by atoms with Gasteiger partial charge in [0.1, 0.15) is 12.6 Å². The van der Waals surface area contributed by atoms with Crippen LogP contribution in [0.3, 0.4) is 0 Å². The molecule has 1 atom stereocenters. The van der Waals surface area contributed by atoms with Crippen molar-refractivity contribution in [3.05, 3.63) is 0 Å². The average molecular weight is 205 g/mol. The number of nitrogens with two attached hydrogens (primary N) is 1. The van der Waals surface area contributed by atoms with Crippen LogP contribution in [0, 0.1) is 0 Å². The van der Waals surface area contributed by atoms with Crippen LogP contribution < -0.4 is 5.73 Å². The maximum Gasteiger partial charge on any atom is 0.332 e. The molecule has 0 fully saturated rings. The highest BCUT2D eigenvalue weighted by atomic mass is 16.6. The lowest BCUT2D eigenvalue weighted by Gasteiger charge is -2.09. The number of carboxylic acids is 1. The molecule has 0 aliphatic carbocycles.